The molecule has 3 rings (SSSR count). The van der Waals surface area contributed by atoms with Crippen molar-refractivity contribution in [3.8, 4) is 0 Å². The molecule has 1 saturated heterocycles. The van der Waals surface area contributed by atoms with E-state index in [1.807, 2.05) is 6.07 Å². The Morgan fingerprint density at radius 1 is 1.22 bits per heavy atom. The van der Waals surface area contributed by atoms with E-state index in [4.69, 9.17) is 4.74 Å². The van der Waals surface area contributed by atoms with Crippen molar-refractivity contribution >= 4 is 11.6 Å². The molecule has 0 aromatic carbocycles. The Morgan fingerprint density at radius 2 is 2.11 bits per heavy atom. The first-order chi connectivity index (χ1) is 8.76. The normalized spacial score (nSPS) is 16.9. The van der Waals surface area contributed by atoms with Crippen molar-refractivity contribution in [1.82, 2.24) is 20.2 Å². The van der Waals surface area contributed by atoms with Crippen molar-refractivity contribution in [1.29, 1.82) is 0 Å². The van der Waals surface area contributed by atoms with Crippen LogP contribution in [0.3, 0.4) is 0 Å². The first-order valence-corrected chi connectivity index (χ1v) is 5.70. The lowest BCUT2D eigenvalue weighted by Crippen LogP contribution is -2.43. The highest BCUT2D eigenvalue weighted by Crippen LogP contribution is 2.32. The monoisotopic (exact) mass is 243 g/mol. The summed E-state index contributed by atoms with van der Waals surface area (Å²) in [7, 11) is 0. The molecular formula is C12H13N5O. The highest BCUT2D eigenvalue weighted by molar-refractivity contribution is 5.51. The first kappa shape index (κ1) is 11.0. The van der Waals surface area contributed by atoms with Crippen molar-refractivity contribution in [3.05, 3.63) is 36.4 Å². The third-order valence-corrected chi connectivity index (χ3v) is 3.01. The molecule has 0 spiro atoms. The predicted octanol–water partition coefficient (Wildman–Crippen LogP) is 1.30. The molecule has 0 bridgehead atoms. The summed E-state index contributed by atoms with van der Waals surface area (Å²) in [6.45, 7) is 3.60. The van der Waals surface area contributed by atoms with E-state index in [1.165, 1.54) is 0 Å². The zero-order valence-electron chi connectivity index (χ0n) is 10.00. The van der Waals surface area contributed by atoms with Crippen molar-refractivity contribution < 1.29 is 4.74 Å². The van der Waals surface area contributed by atoms with E-state index >= 15 is 0 Å². The molecule has 3 heterocycles. The summed E-state index contributed by atoms with van der Waals surface area (Å²) in [4.78, 5) is 8.12. The molecule has 2 aromatic rings. The maximum Gasteiger partial charge on any atom is 0.154 e. The van der Waals surface area contributed by atoms with Gasteiger partial charge in [0.05, 0.1) is 25.6 Å². The van der Waals surface area contributed by atoms with Crippen molar-refractivity contribution in [2.45, 2.75) is 12.3 Å². The number of ether oxygens (including phenoxy) is 1. The Balaban J connectivity index is 1.83. The number of nitrogens with zero attached hydrogens (tertiary/aromatic N) is 4. The number of anilines is 2. The van der Waals surface area contributed by atoms with Gasteiger partial charge in [0.2, 0.25) is 0 Å². The Morgan fingerprint density at radius 3 is 2.78 bits per heavy atom. The van der Waals surface area contributed by atoms with E-state index in [-0.39, 0.29) is 5.41 Å². The summed E-state index contributed by atoms with van der Waals surface area (Å²) in [6, 6.07) is 1.98. The summed E-state index contributed by atoms with van der Waals surface area (Å²) in [6.07, 6.45) is 6.67. The zero-order chi connectivity index (χ0) is 12.4. The van der Waals surface area contributed by atoms with E-state index in [0.29, 0.717) is 11.6 Å². The lowest BCUT2D eigenvalue weighted by molar-refractivity contribution is -0.0501. The summed E-state index contributed by atoms with van der Waals surface area (Å²) < 4.78 is 5.26. The van der Waals surface area contributed by atoms with Gasteiger partial charge in [-0.3, -0.25) is 4.98 Å². The van der Waals surface area contributed by atoms with Crippen LogP contribution in [0.2, 0.25) is 0 Å². The Hall–Kier alpha value is -2.08. The second-order valence-corrected chi connectivity index (χ2v) is 4.60. The van der Waals surface area contributed by atoms with Gasteiger partial charge >= 0.3 is 0 Å². The summed E-state index contributed by atoms with van der Waals surface area (Å²) in [5.74, 6) is 1.32. The number of hydrogen-bond acceptors (Lipinski definition) is 6. The van der Waals surface area contributed by atoms with Gasteiger partial charge in [0.15, 0.2) is 5.82 Å². The maximum atomic E-state index is 5.26. The van der Waals surface area contributed by atoms with Crippen LogP contribution in [0, 0.1) is 0 Å². The van der Waals surface area contributed by atoms with E-state index < -0.39 is 0 Å². The van der Waals surface area contributed by atoms with Crippen LogP contribution < -0.4 is 5.32 Å². The van der Waals surface area contributed by atoms with Crippen LogP contribution in [0.5, 0.6) is 0 Å². The Bertz CT molecular complexity index is 541. The minimum Gasteiger partial charge on any atom is -0.379 e. The van der Waals surface area contributed by atoms with Gasteiger partial charge in [-0.25, -0.2) is 4.98 Å². The van der Waals surface area contributed by atoms with E-state index in [9.17, 15) is 0 Å². The third-order valence-electron chi connectivity index (χ3n) is 3.01. The van der Waals surface area contributed by atoms with Gasteiger partial charge in [-0.05, 0) is 11.6 Å². The molecular weight excluding hydrogens is 230 g/mol. The zero-order valence-corrected chi connectivity index (χ0v) is 10.00. The van der Waals surface area contributed by atoms with Crippen LogP contribution >= 0.6 is 0 Å². The van der Waals surface area contributed by atoms with Crippen LogP contribution in [-0.2, 0) is 10.2 Å². The smallest absolute Gasteiger partial charge is 0.154 e. The van der Waals surface area contributed by atoms with Crippen LogP contribution in [0.15, 0.2) is 30.9 Å². The van der Waals surface area contributed by atoms with Gasteiger partial charge in [0, 0.05) is 17.8 Å². The third kappa shape index (κ3) is 2.02. The molecule has 1 N–H and O–H groups in total. The Labute approximate surface area is 104 Å². The fourth-order valence-corrected chi connectivity index (χ4v) is 1.83. The second kappa shape index (κ2) is 4.30. The standard InChI is InChI=1S/C12H13N5O/c1-12(7-18-8-12)9-4-10(17-15-5-9)16-11-6-13-2-3-14-11/h2-6H,7-8H2,1H3,(H,14,16,17). The van der Waals surface area contributed by atoms with Gasteiger partial charge in [0.25, 0.3) is 0 Å². The molecule has 1 aliphatic rings. The molecule has 0 amide bonds. The van der Waals surface area contributed by atoms with Gasteiger partial charge in [0.1, 0.15) is 5.82 Å². The minimum absolute atomic E-state index is 0.0503. The largest absolute Gasteiger partial charge is 0.379 e. The molecule has 18 heavy (non-hydrogen) atoms. The molecule has 6 heteroatoms. The fraction of sp³-hybridized carbons (Fsp3) is 0.333. The van der Waals surface area contributed by atoms with E-state index in [1.54, 1.807) is 24.8 Å². The lowest BCUT2D eigenvalue weighted by atomic mass is 9.82. The Kier molecular flexibility index (Phi) is 2.64. The summed E-state index contributed by atoms with van der Waals surface area (Å²) >= 11 is 0. The van der Waals surface area contributed by atoms with Crippen molar-refractivity contribution in [2.75, 3.05) is 18.5 Å². The molecule has 6 nitrogen and oxygen atoms in total. The number of hydrogen-bond donors (Lipinski definition) is 1. The number of aromatic nitrogens is 4. The predicted molar refractivity (Wildman–Crippen MR) is 65.5 cm³/mol. The van der Waals surface area contributed by atoms with Crippen LogP contribution in [0.1, 0.15) is 12.5 Å². The van der Waals surface area contributed by atoms with Crippen LogP contribution in [0.4, 0.5) is 11.6 Å². The van der Waals surface area contributed by atoms with Crippen molar-refractivity contribution in [3.63, 3.8) is 0 Å². The fourth-order valence-electron chi connectivity index (χ4n) is 1.83. The summed E-state index contributed by atoms with van der Waals surface area (Å²) in [5.41, 5.74) is 1.17. The first-order valence-electron chi connectivity index (χ1n) is 5.70. The molecule has 1 fully saturated rings. The SMILES string of the molecule is CC1(c2cnnc(Nc3cnccn3)c2)COC1. The molecule has 92 valence electrons. The molecule has 0 saturated carbocycles. The lowest BCUT2D eigenvalue weighted by Gasteiger charge is -2.38. The van der Waals surface area contributed by atoms with Crippen LogP contribution in [0.25, 0.3) is 0 Å². The molecule has 0 radical (unpaired) electrons. The average molecular weight is 243 g/mol. The van der Waals surface area contributed by atoms with Gasteiger partial charge in [-0.2, -0.15) is 5.10 Å². The van der Waals surface area contributed by atoms with E-state index in [2.05, 4.69) is 32.4 Å². The summed E-state index contributed by atoms with van der Waals surface area (Å²) in [5, 5.41) is 11.1. The molecule has 0 atom stereocenters. The topological polar surface area (TPSA) is 72.8 Å². The number of nitrogens with one attached hydrogen (secondary N) is 1. The van der Waals surface area contributed by atoms with Gasteiger partial charge in [-0.1, -0.05) is 6.92 Å². The highest BCUT2D eigenvalue weighted by Gasteiger charge is 2.35. The quantitative estimate of drug-likeness (QED) is 0.876. The highest BCUT2D eigenvalue weighted by atomic mass is 16.5. The number of rotatable bonds is 3. The van der Waals surface area contributed by atoms with Gasteiger partial charge < -0.3 is 10.1 Å². The minimum atomic E-state index is 0.0503. The molecule has 0 unspecified atom stereocenters. The van der Waals surface area contributed by atoms with E-state index in [0.717, 1.165) is 18.8 Å². The molecule has 0 aliphatic carbocycles. The second-order valence-electron chi connectivity index (χ2n) is 4.60. The maximum absolute atomic E-state index is 5.26. The molecule has 1 aliphatic heterocycles. The van der Waals surface area contributed by atoms with Gasteiger partial charge in [-0.15, -0.1) is 5.10 Å². The molecule has 2 aromatic heterocycles. The average Bonchev–Trinajstić information content (AvgIpc) is 2.37. The van der Waals surface area contributed by atoms with Crippen molar-refractivity contribution in [2.24, 2.45) is 0 Å². The van der Waals surface area contributed by atoms with Crippen LogP contribution in [-0.4, -0.2) is 33.4 Å².